The highest BCUT2D eigenvalue weighted by molar-refractivity contribution is 7.56. The number of anilines is 1. The van der Waals surface area contributed by atoms with Crippen molar-refractivity contribution in [1.29, 1.82) is 0 Å². The minimum absolute atomic E-state index is 0.0145. The van der Waals surface area contributed by atoms with Crippen molar-refractivity contribution >= 4 is 13.3 Å². The molecule has 0 heterocycles. The molecule has 0 radical (unpaired) electrons. The predicted octanol–water partition coefficient (Wildman–Crippen LogP) is 5.45. The quantitative estimate of drug-likeness (QED) is 0.422. The van der Waals surface area contributed by atoms with Crippen molar-refractivity contribution in [2.45, 2.75) is 32.2 Å². The van der Waals surface area contributed by atoms with Gasteiger partial charge in [0.25, 0.3) is 0 Å². The summed E-state index contributed by atoms with van der Waals surface area (Å²) >= 11 is 0. The standard InChI is InChI=1S/C17H25F3NO4P/c1-6-13(4)16(17(18,19)20,26(22,24-7-2)25-8-3)21-14-11-9-10-12-15(14)23-5/h6,9-13,21H,1,7-8H2,2-5H3. The maximum Gasteiger partial charge on any atom is 0.423 e. The van der Waals surface area contributed by atoms with Gasteiger partial charge in [0.1, 0.15) is 5.75 Å². The van der Waals surface area contributed by atoms with E-state index in [2.05, 4.69) is 11.9 Å². The first-order chi connectivity index (χ1) is 12.1. The molecule has 9 heteroatoms. The molecule has 0 amide bonds. The molecule has 0 spiro atoms. The molecular formula is C17H25F3NO4P. The summed E-state index contributed by atoms with van der Waals surface area (Å²) in [6.07, 6.45) is -3.91. The van der Waals surface area contributed by atoms with Gasteiger partial charge in [-0.15, -0.1) is 6.58 Å². The number of nitrogens with one attached hydrogen (secondary N) is 1. The van der Waals surface area contributed by atoms with E-state index in [0.717, 1.165) is 6.08 Å². The molecule has 0 aromatic heterocycles. The fourth-order valence-corrected chi connectivity index (χ4v) is 4.95. The second-order valence-electron chi connectivity index (χ2n) is 5.45. The zero-order valence-corrected chi connectivity index (χ0v) is 16.2. The van der Waals surface area contributed by atoms with Gasteiger partial charge in [-0.05, 0) is 26.0 Å². The molecule has 148 valence electrons. The maximum atomic E-state index is 14.4. The van der Waals surface area contributed by atoms with Gasteiger partial charge in [0.2, 0.25) is 5.28 Å². The molecule has 5 nitrogen and oxygen atoms in total. The van der Waals surface area contributed by atoms with E-state index in [1.807, 2.05) is 0 Å². The lowest BCUT2D eigenvalue weighted by molar-refractivity contribution is -0.168. The molecule has 0 aliphatic rings. The van der Waals surface area contributed by atoms with Crippen LogP contribution in [0.1, 0.15) is 20.8 Å². The van der Waals surface area contributed by atoms with Crippen LogP contribution in [0.2, 0.25) is 0 Å². The zero-order valence-electron chi connectivity index (χ0n) is 15.3. The van der Waals surface area contributed by atoms with Crippen molar-refractivity contribution in [1.82, 2.24) is 0 Å². The summed E-state index contributed by atoms with van der Waals surface area (Å²) < 4.78 is 71.9. The minimum atomic E-state index is -4.98. The lowest BCUT2D eigenvalue weighted by atomic mass is 10.00. The topological polar surface area (TPSA) is 56.8 Å². The Balaban J connectivity index is 3.74. The second kappa shape index (κ2) is 8.93. The Hall–Kier alpha value is -1.50. The summed E-state index contributed by atoms with van der Waals surface area (Å²) in [5.41, 5.74) is 0.0145. The largest absolute Gasteiger partial charge is 0.495 e. The SMILES string of the molecule is C=CC(C)C(Nc1ccccc1OC)(C(F)(F)F)P(=O)(OCC)OCC. The first-order valence-electron chi connectivity index (χ1n) is 8.13. The molecule has 0 aliphatic carbocycles. The number of methoxy groups -OCH3 is 1. The van der Waals surface area contributed by atoms with Gasteiger partial charge in [0.15, 0.2) is 0 Å². The van der Waals surface area contributed by atoms with Gasteiger partial charge < -0.3 is 19.1 Å². The second-order valence-corrected chi connectivity index (χ2v) is 7.66. The average Bonchev–Trinajstić information content (AvgIpc) is 2.58. The first kappa shape index (κ1) is 22.5. The van der Waals surface area contributed by atoms with Crippen LogP contribution in [0.3, 0.4) is 0 Å². The van der Waals surface area contributed by atoms with E-state index in [-0.39, 0.29) is 24.7 Å². The molecule has 1 N–H and O–H groups in total. The van der Waals surface area contributed by atoms with Gasteiger partial charge in [-0.1, -0.05) is 25.1 Å². The lowest BCUT2D eigenvalue weighted by Gasteiger charge is -2.44. The highest BCUT2D eigenvalue weighted by atomic mass is 31.2. The molecule has 1 rings (SSSR count). The van der Waals surface area contributed by atoms with Gasteiger partial charge >= 0.3 is 13.8 Å². The van der Waals surface area contributed by atoms with Crippen LogP contribution >= 0.6 is 7.60 Å². The van der Waals surface area contributed by atoms with Crippen LogP contribution in [-0.4, -0.2) is 31.8 Å². The minimum Gasteiger partial charge on any atom is -0.495 e. The van der Waals surface area contributed by atoms with Crippen LogP contribution in [0, 0.1) is 5.92 Å². The van der Waals surface area contributed by atoms with Crippen LogP contribution in [0.25, 0.3) is 0 Å². The van der Waals surface area contributed by atoms with E-state index in [1.54, 1.807) is 6.07 Å². The highest BCUT2D eigenvalue weighted by Gasteiger charge is 2.70. The number of hydrogen-bond acceptors (Lipinski definition) is 5. The highest BCUT2D eigenvalue weighted by Crippen LogP contribution is 2.68. The number of hydrogen-bond donors (Lipinski definition) is 1. The average molecular weight is 395 g/mol. The fraction of sp³-hybridized carbons (Fsp3) is 0.529. The summed E-state index contributed by atoms with van der Waals surface area (Å²) in [6, 6.07) is 6.05. The normalized spacial score (nSPS) is 15.8. The van der Waals surface area contributed by atoms with E-state index in [1.165, 1.54) is 46.1 Å². The van der Waals surface area contributed by atoms with Crippen LogP contribution < -0.4 is 10.1 Å². The van der Waals surface area contributed by atoms with Crippen molar-refractivity contribution < 1.29 is 31.5 Å². The van der Waals surface area contributed by atoms with Gasteiger partial charge in [-0.2, -0.15) is 13.2 Å². The van der Waals surface area contributed by atoms with Gasteiger partial charge in [0.05, 0.1) is 26.0 Å². The summed E-state index contributed by atoms with van der Waals surface area (Å²) in [5.74, 6) is -1.17. The Morgan fingerprint density at radius 2 is 1.77 bits per heavy atom. The molecule has 1 aromatic rings. The van der Waals surface area contributed by atoms with E-state index in [4.69, 9.17) is 13.8 Å². The van der Waals surface area contributed by atoms with E-state index < -0.39 is 25.0 Å². The van der Waals surface area contributed by atoms with Crippen molar-refractivity contribution in [2.24, 2.45) is 5.92 Å². The number of rotatable bonds is 10. The Morgan fingerprint density at radius 1 is 1.23 bits per heavy atom. The van der Waals surface area contributed by atoms with Crippen molar-refractivity contribution in [3.05, 3.63) is 36.9 Å². The maximum absolute atomic E-state index is 14.4. The van der Waals surface area contributed by atoms with Crippen molar-refractivity contribution in [2.75, 3.05) is 25.6 Å². The number of para-hydroxylation sites is 2. The molecule has 2 atom stereocenters. The molecule has 0 aliphatic heterocycles. The van der Waals surface area contributed by atoms with E-state index in [9.17, 15) is 17.7 Å². The molecule has 2 unspecified atom stereocenters. The lowest BCUT2D eigenvalue weighted by Crippen LogP contribution is -2.56. The summed E-state index contributed by atoms with van der Waals surface area (Å²) in [6.45, 7) is 7.19. The fourth-order valence-electron chi connectivity index (χ4n) is 2.62. The molecule has 0 bridgehead atoms. The molecule has 0 saturated carbocycles. The summed E-state index contributed by atoms with van der Waals surface area (Å²) in [7, 11) is -3.38. The Bertz CT molecular complexity index is 643. The number of alkyl halides is 3. The predicted molar refractivity (Wildman–Crippen MR) is 95.6 cm³/mol. The van der Waals surface area contributed by atoms with Crippen molar-refractivity contribution in [3.63, 3.8) is 0 Å². The third-order valence-corrected chi connectivity index (χ3v) is 6.74. The van der Waals surface area contributed by atoms with Crippen LogP contribution in [0.5, 0.6) is 5.75 Å². The first-order valence-corrected chi connectivity index (χ1v) is 9.67. The summed E-state index contributed by atoms with van der Waals surface area (Å²) in [4.78, 5) is 0. The Labute approximate surface area is 152 Å². The van der Waals surface area contributed by atoms with Crippen LogP contribution in [-0.2, 0) is 13.6 Å². The van der Waals surface area contributed by atoms with Gasteiger partial charge in [-0.3, -0.25) is 4.57 Å². The van der Waals surface area contributed by atoms with Crippen molar-refractivity contribution in [3.8, 4) is 5.75 Å². The number of halogens is 3. The molecular weight excluding hydrogens is 370 g/mol. The molecule has 26 heavy (non-hydrogen) atoms. The van der Waals surface area contributed by atoms with Gasteiger partial charge in [-0.25, -0.2) is 0 Å². The number of ether oxygens (including phenoxy) is 1. The Morgan fingerprint density at radius 3 is 2.19 bits per heavy atom. The van der Waals surface area contributed by atoms with E-state index in [0.29, 0.717) is 0 Å². The van der Waals surface area contributed by atoms with Crippen LogP contribution in [0.15, 0.2) is 36.9 Å². The smallest absolute Gasteiger partial charge is 0.423 e. The number of benzene rings is 1. The zero-order chi connectivity index (χ0) is 20.0. The molecule has 1 aromatic carbocycles. The van der Waals surface area contributed by atoms with Crippen LogP contribution in [0.4, 0.5) is 18.9 Å². The molecule has 0 fully saturated rings. The third kappa shape index (κ3) is 4.08. The monoisotopic (exact) mass is 395 g/mol. The third-order valence-electron chi connectivity index (χ3n) is 3.91. The molecule has 0 saturated heterocycles. The Kier molecular flexibility index (Phi) is 7.74. The van der Waals surface area contributed by atoms with Gasteiger partial charge in [0, 0.05) is 5.92 Å². The summed E-state index contributed by atoms with van der Waals surface area (Å²) in [5, 5.41) is -0.661. The van der Waals surface area contributed by atoms with E-state index >= 15 is 0 Å².